The zero-order valence-electron chi connectivity index (χ0n) is 12.3. The first-order valence-corrected chi connectivity index (χ1v) is 7.42. The van der Waals surface area contributed by atoms with Crippen molar-refractivity contribution >= 4 is 23.0 Å². The van der Waals surface area contributed by atoms with E-state index in [0.29, 0.717) is 11.5 Å². The molecule has 0 radical (unpaired) electrons. The van der Waals surface area contributed by atoms with Crippen LogP contribution in [0.2, 0.25) is 0 Å². The second-order valence-electron chi connectivity index (χ2n) is 5.68. The van der Waals surface area contributed by atoms with Crippen LogP contribution in [0.4, 0.5) is 5.82 Å². The molecule has 3 rings (SSSR count). The van der Waals surface area contributed by atoms with Gasteiger partial charge in [0, 0.05) is 25.6 Å². The standard InChI is InChI=1S/C17H20N2O2/c1-19(10-13-5-4-8-21-12-13)17-15(11-20)9-14-6-2-3-7-16(14)18-17/h2-3,6-7,9,11,13H,4-5,8,10,12H2,1H3. The maximum absolute atomic E-state index is 11.4. The molecule has 1 aliphatic heterocycles. The molecule has 0 aliphatic carbocycles. The summed E-state index contributed by atoms with van der Waals surface area (Å²) < 4.78 is 5.53. The van der Waals surface area contributed by atoms with Crippen LogP contribution in [-0.2, 0) is 4.74 Å². The molecule has 21 heavy (non-hydrogen) atoms. The number of rotatable bonds is 4. The summed E-state index contributed by atoms with van der Waals surface area (Å²) in [7, 11) is 2.00. The van der Waals surface area contributed by atoms with E-state index in [4.69, 9.17) is 4.74 Å². The smallest absolute Gasteiger partial charge is 0.153 e. The molecule has 1 saturated heterocycles. The van der Waals surface area contributed by atoms with Gasteiger partial charge < -0.3 is 9.64 Å². The Kier molecular flexibility index (Phi) is 4.15. The zero-order valence-corrected chi connectivity index (χ0v) is 12.3. The number of anilines is 1. The van der Waals surface area contributed by atoms with Crippen molar-refractivity contribution in [2.24, 2.45) is 5.92 Å². The van der Waals surface area contributed by atoms with Gasteiger partial charge in [-0.3, -0.25) is 4.79 Å². The van der Waals surface area contributed by atoms with E-state index in [2.05, 4.69) is 9.88 Å². The predicted molar refractivity (Wildman–Crippen MR) is 83.9 cm³/mol. The molecule has 4 heteroatoms. The Morgan fingerprint density at radius 3 is 3.05 bits per heavy atom. The summed E-state index contributed by atoms with van der Waals surface area (Å²) >= 11 is 0. The van der Waals surface area contributed by atoms with Crippen molar-refractivity contribution in [2.45, 2.75) is 12.8 Å². The van der Waals surface area contributed by atoms with E-state index in [1.165, 1.54) is 6.42 Å². The number of carbonyl (C=O) groups is 1. The van der Waals surface area contributed by atoms with Gasteiger partial charge in [0.15, 0.2) is 6.29 Å². The van der Waals surface area contributed by atoms with Crippen LogP contribution in [0.3, 0.4) is 0 Å². The molecule has 1 aromatic carbocycles. The van der Waals surface area contributed by atoms with Crippen LogP contribution in [0.15, 0.2) is 30.3 Å². The molecule has 2 aromatic rings. The zero-order chi connectivity index (χ0) is 14.7. The highest BCUT2D eigenvalue weighted by atomic mass is 16.5. The maximum atomic E-state index is 11.4. The van der Waals surface area contributed by atoms with E-state index in [-0.39, 0.29) is 0 Å². The minimum Gasteiger partial charge on any atom is -0.381 e. The Bertz CT molecular complexity index is 636. The summed E-state index contributed by atoms with van der Waals surface area (Å²) in [5.74, 6) is 1.27. The summed E-state index contributed by atoms with van der Waals surface area (Å²) in [6.45, 7) is 2.54. The molecule has 2 heterocycles. The maximum Gasteiger partial charge on any atom is 0.153 e. The number of aromatic nitrogens is 1. The van der Waals surface area contributed by atoms with Gasteiger partial charge in [0.25, 0.3) is 0 Å². The average Bonchev–Trinajstić information content (AvgIpc) is 2.54. The van der Waals surface area contributed by atoms with Gasteiger partial charge in [0.1, 0.15) is 5.82 Å². The summed E-state index contributed by atoms with van der Waals surface area (Å²) in [5, 5.41) is 0.998. The fourth-order valence-electron chi connectivity index (χ4n) is 2.94. The number of hydrogen-bond acceptors (Lipinski definition) is 4. The Morgan fingerprint density at radius 2 is 2.29 bits per heavy atom. The Morgan fingerprint density at radius 1 is 1.43 bits per heavy atom. The molecule has 1 aliphatic rings. The summed E-state index contributed by atoms with van der Waals surface area (Å²) in [6.07, 6.45) is 3.18. The lowest BCUT2D eigenvalue weighted by Crippen LogP contribution is -2.31. The Balaban J connectivity index is 1.88. The molecule has 1 aromatic heterocycles. The van der Waals surface area contributed by atoms with Gasteiger partial charge in [0.05, 0.1) is 17.7 Å². The summed E-state index contributed by atoms with van der Waals surface area (Å²) in [4.78, 5) is 18.1. The lowest BCUT2D eigenvalue weighted by Gasteiger charge is -2.28. The number of nitrogens with zero attached hydrogens (tertiary/aromatic N) is 2. The normalized spacial score (nSPS) is 18.6. The highest BCUT2D eigenvalue weighted by Crippen LogP contribution is 2.23. The number of aldehydes is 1. The van der Waals surface area contributed by atoms with Crippen LogP contribution in [-0.4, -0.2) is 38.1 Å². The highest BCUT2D eigenvalue weighted by molar-refractivity contribution is 5.91. The monoisotopic (exact) mass is 284 g/mol. The molecule has 4 nitrogen and oxygen atoms in total. The fourth-order valence-corrected chi connectivity index (χ4v) is 2.94. The Hall–Kier alpha value is -1.94. The predicted octanol–water partition coefficient (Wildman–Crippen LogP) is 2.91. The molecular formula is C17H20N2O2. The van der Waals surface area contributed by atoms with Gasteiger partial charge in [-0.15, -0.1) is 0 Å². The van der Waals surface area contributed by atoms with E-state index < -0.39 is 0 Å². The third-order valence-corrected chi connectivity index (χ3v) is 4.01. The number of ether oxygens (including phenoxy) is 1. The Labute approximate surface area is 124 Å². The van der Waals surface area contributed by atoms with E-state index in [1.54, 1.807) is 0 Å². The third kappa shape index (κ3) is 3.05. The van der Waals surface area contributed by atoms with Crippen LogP contribution in [0.5, 0.6) is 0 Å². The second kappa shape index (κ2) is 6.22. The second-order valence-corrected chi connectivity index (χ2v) is 5.68. The quantitative estimate of drug-likeness (QED) is 0.810. The minimum atomic E-state index is 0.511. The van der Waals surface area contributed by atoms with Crippen LogP contribution in [0.25, 0.3) is 10.9 Å². The first-order valence-electron chi connectivity index (χ1n) is 7.42. The van der Waals surface area contributed by atoms with E-state index in [9.17, 15) is 4.79 Å². The van der Waals surface area contributed by atoms with Gasteiger partial charge in [-0.25, -0.2) is 4.98 Å². The van der Waals surface area contributed by atoms with Crippen molar-refractivity contribution in [2.75, 3.05) is 31.7 Å². The largest absolute Gasteiger partial charge is 0.381 e. The average molecular weight is 284 g/mol. The van der Waals surface area contributed by atoms with Crippen LogP contribution in [0.1, 0.15) is 23.2 Å². The number of pyridine rings is 1. The van der Waals surface area contributed by atoms with Crippen molar-refractivity contribution in [1.29, 1.82) is 0 Å². The third-order valence-electron chi connectivity index (χ3n) is 4.01. The number of benzene rings is 1. The molecule has 0 saturated carbocycles. The molecule has 0 amide bonds. The first kappa shape index (κ1) is 14.0. The SMILES string of the molecule is CN(CC1CCCOC1)c1nc2ccccc2cc1C=O. The van der Waals surface area contributed by atoms with E-state index >= 15 is 0 Å². The molecule has 110 valence electrons. The molecule has 0 N–H and O–H groups in total. The molecular weight excluding hydrogens is 264 g/mol. The number of hydrogen-bond donors (Lipinski definition) is 0. The molecule has 0 spiro atoms. The summed E-state index contributed by atoms with van der Waals surface area (Å²) in [6, 6.07) is 9.80. The number of fused-ring (bicyclic) bond motifs is 1. The highest BCUT2D eigenvalue weighted by Gasteiger charge is 2.18. The van der Waals surface area contributed by atoms with Crippen molar-refractivity contribution in [3.05, 3.63) is 35.9 Å². The van der Waals surface area contributed by atoms with E-state index in [0.717, 1.165) is 49.2 Å². The topological polar surface area (TPSA) is 42.4 Å². The summed E-state index contributed by atoms with van der Waals surface area (Å²) in [5.41, 5.74) is 1.57. The van der Waals surface area contributed by atoms with Crippen LogP contribution < -0.4 is 4.90 Å². The number of carbonyl (C=O) groups excluding carboxylic acids is 1. The van der Waals surface area contributed by atoms with Crippen LogP contribution >= 0.6 is 0 Å². The van der Waals surface area contributed by atoms with Crippen molar-refractivity contribution in [1.82, 2.24) is 4.98 Å². The van der Waals surface area contributed by atoms with Gasteiger partial charge in [-0.05, 0) is 30.9 Å². The number of para-hydroxylation sites is 1. The molecule has 1 unspecified atom stereocenters. The first-order chi connectivity index (χ1) is 10.3. The van der Waals surface area contributed by atoms with E-state index in [1.807, 2.05) is 37.4 Å². The molecule has 1 fully saturated rings. The van der Waals surface area contributed by atoms with Crippen molar-refractivity contribution in [3.8, 4) is 0 Å². The van der Waals surface area contributed by atoms with Gasteiger partial charge in [-0.1, -0.05) is 18.2 Å². The van der Waals surface area contributed by atoms with Crippen LogP contribution in [0, 0.1) is 5.92 Å². The van der Waals surface area contributed by atoms with Crippen molar-refractivity contribution in [3.63, 3.8) is 0 Å². The van der Waals surface area contributed by atoms with Gasteiger partial charge in [-0.2, -0.15) is 0 Å². The van der Waals surface area contributed by atoms with Gasteiger partial charge in [0.2, 0.25) is 0 Å². The molecule has 1 atom stereocenters. The fraction of sp³-hybridized carbons (Fsp3) is 0.412. The molecule has 0 bridgehead atoms. The van der Waals surface area contributed by atoms with Crippen molar-refractivity contribution < 1.29 is 9.53 Å². The lowest BCUT2D eigenvalue weighted by atomic mass is 10.0. The lowest BCUT2D eigenvalue weighted by molar-refractivity contribution is 0.0576. The minimum absolute atomic E-state index is 0.511. The van der Waals surface area contributed by atoms with Gasteiger partial charge >= 0.3 is 0 Å².